The molecule has 0 N–H and O–H groups in total. The lowest BCUT2D eigenvalue weighted by molar-refractivity contribution is -0.167. The van der Waals surface area contributed by atoms with E-state index in [1.807, 2.05) is 0 Å². The summed E-state index contributed by atoms with van der Waals surface area (Å²) in [5, 5.41) is 0. The zero-order valence-corrected chi connectivity index (χ0v) is 42.1. The lowest BCUT2D eigenvalue weighted by Crippen LogP contribution is -2.30. The molecule has 0 rings (SSSR count). The Balaban J connectivity index is 4.32. The number of unbranched alkanes of at least 4 members (excludes halogenated alkanes) is 34. The smallest absolute Gasteiger partial charge is 0.306 e. The van der Waals surface area contributed by atoms with E-state index in [2.05, 4.69) is 57.2 Å². The molecule has 0 spiro atoms. The van der Waals surface area contributed by atoms with Crippen molar-refractivity contribution in [1.82, 2.24) is 0 Å². The minimum atomic E-state index is -0.779. The van der Waals surface area contributed by atoms with Gasteiger partial charge in [0.15, 0.2) is 6.10 Å². The van der Waals surface area contributed by atoms with Crippen LogP contribution >= 0.6 is 0 Å². The van der Waals surface area contributed by atoms with Crippen LogP contribution in [-0.4, -0.2) is 37.2 Å². The van der Waals surface area contributed by atoms with Gasteiger partial charge in [0.25, 0.3) is 0 Å². The van der Waals surface area contributed by atoms with Crippen LogP contribution in [0.3, 0.4) is 0 Å². The molecule has 0 aromatic rings. The van der Waals surface area contributed by atoms with Crippen molar-refractivity contribution in [2.75, 3.05) is 13.2 Å². The van der Waals surface area contributed by atoms with Gasteiger partial charge in [-0.05, 0) is 64.2 Å². The second-order valence-electron chi connectivity index (χ2n) is 18.5. The number of ether oxygens (including phenoxy) is 3. The zero-order valence-electron chi connectivity index (χ0n) is 42.1. The summed E-state index contributed by atoms with van der Waals surface area (Å²) in [6, 6.07) is 0. The van der Waals surface area contributed by atoms with Crippen molar-refractivity contribution in [1.29, 1.82) is 0 Å². The third-order valence-corrected chi connectivity index (χ3v) is 12.1. The first-order chi connectivity index (χ1) is 31.0. The second kappa shape index (κ2) is 52.3. The molecule has 0 aromatic heterocycles. The van der Waals surface area contributed by atoms with Crippen LogP contribution in [0.4, 0.5) is 0 Å². The molecule has 6 nitrogen and oxygen atoms in total. The molecule has 0 aliphatic heterocycles. The van der Waals surface area contributed by atoms with Gasteiger partial charge in [0.05, 0.1) is 0 Å². The van der Waals surface area contributed by atoms with Crippen LogP contribution in [0.1, 0.15) is 290 Å². The van der Waals surface area contributed by atoms with Crippen LogP contribution in [0.25, 0.3) is 0 Å². The Hall–Kier alpha value is -2.37. The summed E-state index contributed by atoms with van der Waals surface area (Å²) in [7, 11) is 0. The Morgan fingerprint density at radius 1 is 0.317 bits per heavy atom. The predicted octanol–water partition coefficient (Wildman–Crippen LogP) is 18.1. The fourth-order valence-corrected chi connectivity index (χ4v) is 7.94. The molecule has 0 heterocycles. The zero-order chi connectivity index (χ0) is 45.8. The monoisotopic (exact) mass is 885 g/mol. The fourth-order valence-electron chi connectivity index (χ4n) is 7.94. The molecule has 0 aliphatic rings. The van der Waals surface area contributed by atoms with Crippen LogP contribution in [0.5, 0.6) is 0 Å². The quantitative estimate of drug-likeness (QED) is 0.0199. The van der Waals surface area contributed by atoms with Crippen molar-refractivity contribution in [2.45, 2.75) is 297 Å². The van der Waals surface area contributed by atoms with Crippen molar-refractivity contribution < 1.29 is 28.6 Å². The number of hydrogen-bond acceptors (Lipinski definition) is 6. The average molecular weight is 885 g/mol. The molecule has 1 unspecified atom stereocenters. The van der Waals surface area contributed by atoms with Gasteiger partial charge in [-0.3, -0.25) is 14.4 Å². The molecule has 0 aromatic carbocycles. The number of carbonyl (C=O) groups is 3. The van der Waals surface area contributed by atoms with Gasteiger partial charge in [0, 0.05) is 19.3 Å². The van der Waals surface area contributed by atoms with Gasteiger partial charge in [-0.2, -0.15) is 0 Å². The minimum absolute atomic E-state index is 0.0805. The summed E-state index contributed by atoms with van der Waals surface area (Å²) in [6.07, 6.45) is 61.4. The average Bonchev–Trinajstić information content (AvgIpc) is 3.28. The van der Waals surface area contributed by atoms with E-state index in [0.29, 0.717) is 19.3 Å². The summed E-state index contributed by atoms with van der Waals surface area (Å²) in [5.41, 5.74) is 0. The van der Waals surface area contributed by atoms with Crippen LogP contribution in [0.2, 0.25) is 0 Å². The third kappa shape index (κ3) is 50.5. The van der Waals surface area contributed by atoms with Crippen LogP contribution in [0.15, 0.2) is 36.5 Å². The van der Waals surface area contributed by atoms with E-state index in [1.165, 1.54) is 154 Å². The second-order valence-corrected chi connectivity index (χ2v) is 18.5. The molecular weight excluding hydrogens is 781 g/mol. The van der Waals surface area contributed by atoms with E-state index < -0.39 is 6.10 Å². The maximum Gasteiger partial charge on any atom is 0.306 e. The molecule has 1 atom stereocenters. The molecule has 0 fully saturated rings. The summed E-state index contributed by atoms with van der Waals surface area (Å²) in [6.45, 7) is 6.60. The van der Waals surface area contributed by atoms with Crippen LogP contribution < -0.4 is 0 Å². The fraction of sp³-hybridized carbons (Fsp3) is 0.842. The highest BCUT2D eigenvalue weighted by molar-refractivity contribution is 5.71. The highest BCUT2D eigenvalue weighted by Crippen LogP contribution is 2.16. The van der Waals surface area contributed by atoms with E-state index in [1.54, 1.807) is 0 Å². The molecular formula is C57H104O6. The molecule has 0 aliphatic carbocycles. The SMILES string of the molecule is CCCC/C=C\CCCCCCC(=O)OCC(COC(=O)CCCCCCC/C=C\C=C/CCCCCCCCC)OC(=O)CCCCCCCCCCCCCCCCCCC. The van der Waals surface area contributed by atoms with Crippen molar-refractivity contribution in [2.24, 2.45) is 0 Å². The van der Waals surface area contributed by atoms with E-state index in [0.717, 1.165) is 96.3 Å². The Labute approximate surface area is 391 Å². The Bertz CT molecular complexity index is 1060. The maximum absolute atomic E-state index is 12.8. The molecule has 63 heavy (non-hydrogen) atoms. The normalized spacial score (nSPS) is 12.2. The lowest BCUT2D eigenvalue weighted by atomic mass is 10.0. The standard InChI is InChI=1S/C57H104O6/c1-4-7-10-13-16-19-22-24-26-28-30-31-33-35-38-41-44-47-50-56(59)62-53-54(52-61-55(58)49-46-43-40-37-21-18-15-12-9-6-3)63-57(60)51-48-45-42-39-36-34-32-29-27-25-23-20-17-14-11-8-5-2/h15,18,26,28,30-31,54H,4-14,16-17,19-25,27,29,32-53H2,1-3H3/b18-15-,28-26-,31-30-. The number of esters is 3. The molecule has 368 valence electrons. The van der Waals surface area contributed by atoms with Gasteiger partial charge < -0.3 is 14.2 Å². The van der Waals surface area contributed by atoms with E-state index in [9.17, 15) is 14.4 Å². The molecule has 0 amide bonds. The Kier molecular flexibility index (Phi) is 50.3. The van der Waals surface area contributed by atoms with E-state index >= 15 is 0 Å². The van der Waals surface area contributed by atoms with Gasteiger partial charge in [-0.1, -0.05) is 243 Å². The van der Waals surface area contributed by atoms with E-state index in [-0.39, 0.29) is 31.1 Å². The van der Waals surface area contributed by atoms with Crippen LogP contribution in [-0.2, 0) is 28.6 Å². The van der Waals surface area contributed by atoms with Gasteiger partial charge in [0.1, 0.15) is 13.2 Å². The van der Waals surface area contributed by atoms with Gasteiger partial charge in [-0.25, -0.2) is 0 Å². The molecule has 6 heteroatoms. The summed E-state index contributed by atoms with van der Waals surface area (Å²) >= 11 is 0. The summed E-state index contributed by atoms with van der Waals surface area (Å²) < 4.78 is 16.8. The van der Waals surface area contributed by atoms with Crippen LogP contribution in [0, 0.1) is 0 Å². The number of hydrogen-bond donors (Lipinski definition) is 0. The number of allylic oxidation sites excluding steroid dienone is 6. The molecule has 0 radical (unpaired) electrons. The molecule has 0 saturated carbocycles. The maximum atomic E-state index is 12.8. The van der Waals surface area contributed by atoms with Gasteiger partial charge in [0.2, 0.25) is 0 Å². The largest absolute Gasteiger partial charge is 0.462 e. The van der Waals surface area contributed by atoms with Gasteiger partial charge >= 0.3 is 17.9 Å². The first kappa shape index (κ1) is 60.6. The van der Waals surface area contributed by atoms with Gasteiger partial charge in [-0.15, -0.1) is 0 Å². The number of rotatable bonds is 50. The minimum Gasteiger partial charge on any atom is -0.462 e. The van der Waals surface area contributed by atoms with Crippen molar-refractivity contribution in [3.8, 4) is 0 Å². The third-order valence-electron chi connectivity index (χ3n) is 12.1. The first-order valence-electron chi connectivity index (χ1n) is 27.5. The van der Waals surface area contributed by atoms with E-state index in [4.69, 9.17) is 14.2 Å². The molecule has 0 bridgehead atoms. The van der Waals surface area contributed by atoms with Crippen molar-refractivity contribution in [3.63, 3.8) is 0 Å². The first-order valence-corrected chi connectivity index (χ1v) is 27.5. The predicted molar refractivity (Wildman–Crippen MR) is 270 cm³/mol. The Morgan fingerprint density at radius 3 is 0.937 bits per heavy atom. The molecule has 0 saturated heterocycles. The highest BCUT2D eigenvalue weighted by atomic mass is 16.6. The summed E-state index contributed by atoms with van der Waals surface area (Å²) in [4.78, 5) is 38.0. The topological polar surface area (TPSA) is 78.9 Å². The van der Waals surface area contributed by atoms with Crippen molar-refractivity contribution in [3.05, 3.63) is 36.5 Å². The summed E-state index contributed by atoms with van der Waals surface area (Å²) in [5.74, 6) is -0.895. The Morgan fingerprint density at radius 2 is 0.587 bits per heavy atom. The number of carbonyl (C=O) groups excluding carboxylic acids is 3. The van der Waals surface area contributed by atoms with Crippen molar-refractivity contribution >= 4 is 17.9 Å². The lowest BCUT2D eigenvalue weighted by Gasteiger charge is -2.18. The highest BCUT2D eigenvalue weighted by Gasteiger charge is 2.19.